The average molecular weight is 999 g/mol. The second-order valence-electron chi connectivity index (χ2n) is 18.4. The summed E-state index contributed by atoms with van der Waals surface area (Å²) in [5, 5.41) is 29.8. The maximum atomic E-state index is 14.1. The highest BCUT2D eigenvalue weighted by Gasteiger charge is 2.45. The molecule has 2 aliphatic heterocycles. The largest absolute Gasteiger partial charge is 0.391 e. The Morgan fingerprint density at radius 2 is 1.64 bits per heavy atom. The number of aromatic nitrogens is 4. The molecule has 4 amide bonds. The lowest BCUT2D eigenvalue weighted by Gasteiger charge is -2.35. The molecule has 0 saturated carbocycles. The Morgan fingerprint density at radius 3 is 2.32 bits per heavy atom. The van der Waals surface area contributed by atoms with E-state index in [1.54, 1.807) is 34.8 Å². The van der Waals surface area contributed by atoms with Crippen LogP contribution >= 0.6 is 34.3 Å². The van der Waals surface area contributed by atoms with Crippen LogP contribution in [0, 0.1) is 33.1 Å². The number of carbonyl (C=O) groups is 4. The lowest BCUT2D eigenvalue weighted by Crippen LogP contribution is -2.58. The first-order chi connectivity index (χ1) is 32.9. The van der Waals surface area contributed by atoms with E-state index in [1.807, 2.05) is 100 Å². The monoisotopic (exact) mass is 997 g/mol. The summed E-state index contributed by atoms with van der Waals surface area (Å²) >= 11 is 9.45. The maximum Gasteiger partial charge on any atom is 0.246 e. The number of nitrogens with zero attached hydrogens (tertiary/aromatic N) is 6. The van der Waals surface area contributed by atoms with E-state index in [-0.39, 0.29) is 70.2 Å². The Morgan fingerprint density at radius 1 is 0.942 bits per heavy atom. The van der Waals surface area contributed by atoms with E-state index < -0.39 is 41.5 Å². The number of ether oxygens (including phenoxy) is 2. The molecule has 1 unspecified atom stereocenters. The van der Waals surface area contributed by atoms with Gasteiger partial charge in [0.2, 0.25) is 23.6 Å². The van der Waals surface area contributed by atoms with Crippen LogP contribution in [0.5, 0.6) is 0 Å². The van der Waals surface area contributed by atoms with Gasteiger partial charge in [0.1, 0.15) is 35.6 Å². The summed E-state index contributed by atoms with van der Waals surface area (Å²) in [5.74, 6) is -0.232. The van der Waals surface area contributed by atoms with Crippen molar-refractivity contribution in [3.05, 3.63) is 116 Å². The van der Waals surface area contributed by atoms with Gasteiger partial charge in [-0.05, 0) is 68.9 Å². The number of aliphatic hydroxyl groups excluding tert-OH is 1. The second-order valence-corrected chi connectivity index (χ2v) is 20.9. The third-order valence-electron chi connectivity index (χ3n) is 12.2. The van der Waals surface area contributed by atoms with Crippen LogP contribution < -0.4 is 16.0 Å². The van der Waals surface area contributed by atoms with Crippen molar-refractivity contribution in [1.29, 1.82) is 0 Å². The third-order valence-corrected chi connectivity index (χ3v) is 14.6. The summed E-state index contributed by atoms with van der Waals surface area (Å²) in [7, 11) is 0. The smallest absolute Gasteiger partial charge is 0.246 e. The van der Waals surface area contributed by atoms with Crippen LogP contribution in [0.4, 0.5) is 0 Å². The van der Waals surface area contributed by atoms with Crippen molar-refractivity contribution < 1.29 is 33.8 Å². The molecule has 5 heterocycles. The van der Waals surface area contributed by atoms with E-state index in [9.17, 15) is 24.3 Å². The van der Waals surface area contributed by atoms with Gasteiger partial charge < -0.3 is 35.4 Å². The molecule has 2 aromatic carbocycles. The zero-order valence-corrected chi connectivity index (χ0v) is 42.6. The van der Waals surface area contributed by atoms with Gasteiger partial charge in [0.15, 0.2) is 5.82 Å². The molecular formula is C50H60ClN9O7S2. The molecule has 69 heavy (non-hydrogen) atoms. The fourth-order valence-electron chi connectivity index (χ4n) is 8.37. The Hall–Kier alpha value is -5.63. The van der Waals surface area contributed by atoms with Gasteiger partial charge >= 0.3 is 0 Å². The number of likely N-dealkylation sites (tertiary alicyclic amines) is 1. The van der Waals surface area contributed by atoms with Crippen molar-refractivity contribution in [2.75, 3.05) is 39.5 Å². The number of β-amino-alcohol motifs (C(OH)–C–C–N with tert-alkyl or cyclic N) is 1. The van der Waals surface area contributed by atoms with Crippen LogP contribution in [0.15, 0.2) is 71.2 Å². The summed E-state index contributed by atoms with van der Waals surface area (Å²) in [6, 6.07) is 12.6. The molecule has 0 spiro atoms. The number of benzene rings is 2. The minimum Gasteiger partial charge on any atom is -0.391 e. The number of hydrogen-bond acceptors (Lipinski definition) is 13. The lowest BCUT2D eigenvalue weighted by atomic mass is 9.85. The topological polar surface area (TPSA) is 202 Å². The van der Waals surface area contributed by atoms with Crippen LogP contribution in [0.2, 0.25) is 5.02 Å². The second kappa shape index (κ2) is 22.4. The van der Waals surface area contributed by atoms with E-state index >= 15 is 0 Å². The molecule has 4 N–H and O–H groups in total. The first-order valence-corrected chi connectivity index (χ1v) is 25.0. The summed E-state index contributed by atoms with van der Waals surface area (Å²) in [6.45, 7) is 15.9. The molecule has 1 saturated heterocycles. The normalized spacial score (nSPS) is 17.7. The Labute approximate surface area is 415 Å². The molecular weight excluding hydrogens is 938 g/mol. The van der Waals surface area contributed by atoms with Crippen molar-refractivity contribution in [3.63, 3.8) is 0 Å². The molecule has 3 aromatic heterocycles. The number of hydrogen-bond donors (Lipinski definition) is 4. The average Bonchev–Trinajstić information content (AvgIpc) is 4.08. The van der Waals surface area contributed by atoms with Crippen LogP contribution in [0.3, 0.4) is 0 Å². The number of carbonyl (C=O) groups excluding carboxylic acids is 4. The minimum atomic E-state index is -0.988. The van der Waals surface area contributed by atoms with Gasteiger partial charge in [-0.15, -0.1) is 32.9 Å². The van der Waals surface area contributed by atoms with E-state index in [2.05, 4.69) is 45.0 Å². The van der Waals surface area contributed by atoms with Crippen molar-refractivity contribution in [3.8, 4) is 15.4 Å². The molecule has 0 radical (unpaired) electrons. The number of nitrogens with one attached hydrogen (secondary N) is 3. The maximum absolute atomic E-state index is 14.1. The van der Waals surface area contributed by atoms with Gasteiger partial charge in [-0.2, -0.15) is 0 Å². The van der Waals surface area contributed by atoms with E-state index in [0.29, 0.717) is 16.7 Å². The number of aryl methyl sites for hydroxylation is 3. The fraction of sp³-hybridized carbons (Fsp3) is 0.440. The van der Waals surface area contributed by atoms with E-state index in [4.69, 9.17) is 26.1 Å². The molecule has 0 bridgehead atoms. The van der Waals surface area contributed by atoms with Gasteiger partial charge in [0.05, 0.1) is 60.2 Å². The van der Waals surface area contributed by atoms with Gasteiger partial charge in [-0.25, -0.2) is 4.98 Å². The van der Waals surface area contributed by atoms with Crippen LogP contribution in [-0.2, 0) is 28.7 Å². The highest BCUT2D eigenvalue weighted by molar-refractivity contribution is 7.15. The zero-order chi connectivity index (χ0) is 49.6. The quantitative estimate of drug-likeness (QED) is 0.0541. The predicted molar refractivity (Wildman–Crippen MR) is 268 cm³/mol. The molecule has 7 rings (SSSR count). The van der Waals surface area contributed by atoms with Crippen molar-refractivity contribution in [2.45, 2.75) is 98.5 Å². The third kappa shape index (κ3) is 12.2. The number of fused-ring (bicyclic) bond motifs is 3. The van der Waals surface area contributed by atoms with Crippen LogP contribution in [0.25, 0.3) is 15.4 Å². The van der Waals surface area contributed by atoms with E-state index in [1.165, 1.54) is 4.90 Å². The number of halogens is 1. The first kappa shape index (κ1) is 51.2. The number of thiophene rings is 1. The fourth-order valence-corrected chi connectivity index (χ4v) is 10.5. The van der Waals surface area contributed by atoms with Crippen molar-refractivity contribution in [2.24, 2.45) is 10.4 Å². The van der Waals surface area contributed by atoms with Gasteiger partial charge in [0, 0.05) is 40.5 Å². The Bertz CT molecular complexity index is 2710. The predicted octanol–water partition coefficient (Wildman–Crippen LogP) is 6.70. The number of amides is 4. The molecule has 0 aliphatic carbocycles. The molecule has 366 valence electrons. The summed E-state index contributed by atoms with van der Waals surface area (Å²) < 4.78 is 13.3. The molecule has 2 aliphatic rings. The van der Waals surface area contributed by atoms with Crippen LogP contribution in [0.1, 0.15) is 97.1 Å². The molecule has 19 heteroatoms. The highest BCUT2D eigenvalue weighted by Crippen LogP contribution is 2.40. The highest BCUT2D eigenvalue weighted by atomic mass is 35.5. The lowest BCUT2D eigenvalue weighted by molar-refractivity contribution is -0.144. The number of aliphatic imine (C=N–C) groups is 1. The number of rotatable bonds is 18. The summed E-state index contributed by atoms with van der Waals surface area (Å²) in [6.07, 6.45) is 2.71. The van der Waals surface area contributed by atoms with Crippen molar-refractivity contribution >= 4 is 63.6 Å². The SMILES string of the molecule is Cc1ncsc1-c1ccc([C@H](C)NC(=O)[C@@H]2C[C@@H](O)CN2C(=O)C(NC(=O)COC/C=C\COCCNC(=O)C[C@@H]2N=C(c3ccc(Cl)cc3)c3c(sc(C)c3C)-n3c(C)nnc32)C(C)(C)C)cc1. The zero-order valence-electron chi connectivity index (χ0n) is 40.2. The molecule has 5 atom stereocenters. The van der Waals surface area contributed by atoms with E-state index in [0.717, 1.165) is 54.0 Å². The van der Waals surface area contributed by atoms with Crippen molar-refractivity contribution in [1.82, 2.24) is 40.6 Å². The molecule has 5 aromatic rings. The van der Waals surface area contributed by atoms with Gasteiger partial charge in [0.25, 0.3) is 0 Å². The minimum absolute atomic E-state index is 0.0323. The first-order valence-electron chi connectivity index (χ1n) is 22.9. The number of aliphatic hydroxyl groups is 1. The molecule has 1 fully saturated rings. The Kier molecular flexibility index (Phi) is 16.6. The Balaban J connectivity index is 0.839. The van der Waals surface area contributed by atoms with Gasteiger partial charge in [-0.1, -0.05) is 80.9 Å². The molecule has 16 nitrogen and oxygen atoms in total. The van der Waals surface area contributed by atoms with Crippen LogP contribution in [-0.4, -0.2) is 117 Å². The standard InChI is InChI=1S/C50H60ClN9O7S2/c1-28-31(4)69-49-42(28)43(34-15-17-36(51)18-16-34)55-38(46-58-57-32(5)60(46)49)24-40(62)52-19-22-66-20-9-10-21-67-26-41(63)56-45(50(6,7)8)48(65)59-25-37(61)23-39(59)47(64)54-29(2)33-11-13-35(14-12-33)44-30(3)53-27-68-44/h9-18,27,29,37-39,45,61H,19-26H2,1-8H3,(H,52,62)(H,54,64)(H,56,63)/b10-9-/t29-,37+,38-,39-,45?/m0/s1. The summed E-state index contributed by atoms with van der Waals surface area (Å²) in [5.41, 5.74) is 7.75. The van der Waals surface area contributed by atoms with Gasteiger partial charge in [-0.3, -0.25) is 28.7 Å². The number of thiazole rings is 1. The summed E-state index contributed by atoms with van der Waals surface area (Å²) in [4.78, 5) is 67.2.